The third kappa shape index (κ3) is 4.33. The summed E-state index contributed by atoms with van der Waals surface area (Å²) in [7, 11) is -0.638. The van der Waals surface area contributed by atoms with Crippen molar-refractivity contribution in [1.29, 1.82) is 0 Å². The van der Waals surface area contributed by atoms with Crippen molar-refractivity contribution in [2.45, 2.75) is 31.2 Å². The van der Waals surface area contributed by atoms with Gasteiger partial charge in [-0.3, -0.25) is 9.59 Å². The molecule has 0 aromatic heterocycles. The minimum Gasteiger partial charge on any atom is -0.347 e. The average molecular weight is 416 g/mol. The summed E-state index contributed by atoms with van der Waals surface area (Å²) in [5, 5.41) is 2.87. The molecule has 0 radical (unpaired) electrons. The molecule has 2 aromatic rings. The van der Waals surface area contributed by atoms with Gasteiger partial charge in [0.15, 0.2) is 0 Å². The molecule has 1 atom stereocenters. The standard InChI is InChI=1S/C21H25N3O4S/c1-14-5-8-18(11-15(14)2)24-13-17(12-20(24)25)22-21(26)16-6-9-19(10-7-16)29(27,28)23(3)4/h5-11,17H,12-13H2,1-4H3,(H,22,26). The van der Waals surface area contributed by atoms with Gasteiger partial charge in [-0.2, -0.15) is 0 Å². The maximum absolute atomic E-state index is 12.5. The van der Waals surface area contributed by atoms with Gasteiger partial charge in [-0.05, 0) is 61.4 Å². The smallest absolute Gasteiger partial charge is 0.251 e. The molecule has 1 heterocycles. The number of amides is 2. The van der Waals surface area contributed by atoms with E-state index in [4.69, 9.17) is 0 Å². The number of nitrogens with one attached hydrogen (secondary N) is 1. The predicted octanol–water partition coefficient (Wildman–Crippen LogP) is 2.09. The highest BCUT2D eigenvalue weighted by molar-refractivity contribution is 7.89. The van der Waals surface area contributed by atoms with Crippen molar-refractivity contribution in [3.8, 4) is 0 Å². The molecule has 7 nitrogen and oxygen atoms in total. The molecule has 1 unspecified atom stereocenters. The molecule has 0 saturated carbocycles. The summed E-state index contributed by atoms with van der Waals surface area (Å²) < 4.78 is 25.4. The molecule has 1 saturated heterocycles. The Labute approximate surface area is 171 Å². The summed E-state index contributed by atoms with van der Waals surface area (Å²) in [6, 6.07) is 11.3. The zero-order valence-electron chi connectivity index (χ0n) is 17.0. The molecule has 0 aliphatic carbocycles. The molecule has 1 aliphatic rings. The lowest BCUT2D eigenvalue weighted by Gasteiger charge is -2.18. The van der Waals surface area contributed by atoms with E-state index < -0.39 is 10.0 Å². The van der Waals surface area contributed by atoms with Crippen molar-refractivity contribution in [2.24, 2.45) is 0 Å². The lowest BCUT2D eigenvalue weighted by Crippen LogP contribution is -2.37. The number of anilines is 1. The van der Waals surface area contributed by atoms with Gasteiger partial charge in [0, 0.05) is 38.3 Å². The summed E-state index contributed by atoms with van der Waals surface area (Å²) in [6.07, 6.45) is 0.228. The number of nitrogens with zero attached hydrogens (tertiary/aromatic N) is 2. The summed E-state index contributed by atoms with van der Waals surface area (Å²) in [6.45, 7) is 4.42. The number of hydrogen-bond donors (Lipinski definition) is 1. The van der Waals surface area contributed by atoms with Crippen LogP contribution in [0.25, 0.3) is 0 Å². The number of hydrogen-bond acceptors (Lipinski definition) is 4. The van der Waals surface area contributed by atoms with Crippen molar-refractivity contribution in [1.82, 2.24) is 9.62 Å². The maximum Gasteiger partial charge on any atom is 0.251 e. The first-order valence-corrected chi connectivity index (χ1v) is 10.7. The van der Waals surface area contributed by atoms with Gasteiger partial charge in [0.25, 0.3) is 5.91 Å². The number of benzene rings is 2. The number of aryl methyl sites for hydroxylation is 2. The van der Waals surface area contributed by atoms with Gasteiger partial charge in [0.2, 0.25) is 15.9 Å². The SMILES string of the molecule is Cc1ccc(N2CC(NC(=O)c3ccc(S(=O)(=O)N(C)C)cc3)CC2=O)cc1C. The Morgan fingerprint density at radius 1 is 1.07 bits per heavy atom. The van der Waals surface area contributed by atoms with Crippen molar-refractivity contribution < 1.29 is 18.0 Å². The monoisotopic (exact) mass is 415 g/mol. The van der Waals surface area contributed by atoms with Crippen LogP contribution >= 0.6 is 0 Å². The van der Waals surface area contributed by atoms with Crippen LogP contribution in [0, 0.1) is 13.8 Å². The Balaban J connectivity index is 1.68. The van der Waals surface area contributed by atoms with Gasteiger partial charge in [0.05, 0.1) is 10.9 Å². The zero-order valence-corrected chi connectivity index (χ0v) is 17.8. The van der Waals surface area contributed by atoms with Crippen LogP contribution in [0.3, 0.4) is 0 Å². The van der Waals surface area contributed by atoms with Gasteiger partial charge < -0.3 is 10.2 Å². The fourth-order valence-electron chi connectivity index (χ4n) is 3.21. The molecule has 3 rings (SSSR count). The van der Waals surface area contributed by atoms with Crippen LogP contribution in [0.5, 0.6) is 0 Å². The lowest BCUT2D eigenvalue weighted by atomic mass is 10.1. The van der Waals surface area contributed by atoms with Gasteiger partial charge in [0.1, 0.15) is 0 Å². The van der Waals surface area contributed by atoms with E-state index in [-0.39, 0.29) is 29.2 Å². The number of rotatable bonds is 5. The molecule has 2 amide bonds. The van der Waals surface area contributed by atoms with Crippen LogP contribution < -0.4 is 10.2 Å². The maximum atomic E-state index is 12.5. The molecule has 154 valence electrons. The largest absolute Gasteiger partial charge is 0.347 e. The Morgan fingerprint density at radius 2 is 1.72 bits per heavy atom. The third-order valence-electron chi connectivity index (χ3n) is 5.16. The van der Waals surface area contributed by atoms with Gasteiger partial charge in [-0.25, -0.2) is 12.7 Å². The minimum atomic E-state index is -3.54. The Kier molecular flexibility index (Phi) is 5.77. The van der Waals surface area contributed by atoms with E-state index in [2.05, 4.69) is 5.32 Å². The second-order valence-corrected chi connectivity index (χ2v) is 9.61. The second kappa shape index (κ2) is 7.96. The molecule has 8 heteroatoms. The van der Waals surface area contributed by atoms with E-state index in [1.54, 1.807) is 4.90 Å². The summed E-state index contributed by atoms with van der Waals surface area (Å²) in [5.41, 5.74) is 3.44. The number of carbonyl (C=O) groups is 2. The van der Waals surface area contributed by atoms with E-state index in [0.717, 1.165) is 21.1 Å². The van der Waals surface area contributed by atoms with Crippen LogP contribution in [0.1, 0.15) is 27.9 Å². The second-order valence-electron chi connectivity index (χ2n) is 7.46. The van der Waals surface area contributed by atoms with Crippen molar-refractivity contribution in [3.63, 3.8) is 0 Å². The first-order valence-electron chi connectivity index (χ1n) is 9.30. The molecule has 1 N–H and O–H groups in total. The first-order chi connectivity index (χ1) is 13.6. The third-order valence-corrected chi connectivity index (χ3v) is 6.99. The first kappa shape index (κ1) is 21.0. The van der Waals surface area contributed by atoms with E-state index in [0.29, 0.717) is 12.1 Å². The Morgan fingerprint density at radius 3 is 2.31 bits per heavy atom. The summed E-state index contributed by atoms with van der Waals surface area (Å²) in [4.78, 5) is 26.8. The van der Waals surface area contributed by atoms with Crippen molar-refractivity contribution in [2.75, 3.05) is 25.5 Å². The number of carbonyl (C=O) groups excluding carboxylic acids is 2. The highest BCUT2D eigenvalue weighted by atomic mass is 32.2. The van der Waals surface area contributed by atoms with Gasteiger partial charge >= 0.3 is 0 Å². The quantitative estimate of drug-likeness (QED) is 0.810. The van der Waals surface area contributed by atoms with Crippen LogP contribution in [0.2, 0.25) is 0 Å². The van der Waals surface area contributed by atoms with Crippen molar-refractivity contribution >= 4 is 27.5 Å². The van der Waals surface area contributed by atoms with Gasteiger partial charge in [-0.1, -0.05) is 6.07 Å². The van der Waals surface area contributed by atoms with Crippen LogP contribution in [0.4, 0.5) is 5.69 Å². The van der Waals surface area contributed by atoms with E-state index >= 15 is 0 Å². The Hall–Kier alpha value is -2.71. The topological polar surface area (TPSA) is 86.8 Å². The van der Waals surface area contributed by atoms with Crippen LogP contribution in [-0.2, 0) is 14.8 Å². The highest BCUT2D eigenvalue weighted by Gasteiger charge is 2.32. The van der Waals surface area contributed by atoms with Crippen LogP contribution in [-0.4, -0.2) is 51.2 Å². The van der Waals surface area contributed by atoms with Gasteiger partial charge in [-0.15, -0.1) is 0 Å². The van der Waals surface area contributed by atoms with E-state index in [1.165, 1.54) is 38.4 Å². The zero-order chi connectivity index (χ0) is 21.3. The molecule has 1 fully saturated rings. The Bertz CT molecular complexity index is 1050. The van der Waals surface area contributed by atoms with Crippen LogP contribution in [0.15, 0.2) is 47.4 Å². The highest BCUT2D eigenvalue weighted by Crippen LogP contribution is 2.24. The average Bonchev–Trinajstić information content (AvgIpc) is 3.04. The van der Waals surface area contributed by atoms with Crippen molar-refractivity contribution in [3.05, 3.63) is 59.2 Å². The van der Waals surface area contributed by atoms with E-state index in [1.807, 2.05) is 32.0 Å². The molecule has 1 aliphatic heterocycles. The molecule has 2 aromatic carbocycles. The summed E-state index contributed by atoms with van der Waals surface area (Å²) >= 11 is 0. The van der Waals surface area contributed by atoms with E-state index in [9.17, 15) is 18.0 Å². The molecular weight excluding hydrogens is 390 g/mol. The lowest BCUT2D eigenvalue weighted by molar-refractivity contribution is -0.117. The minimum absolute atomic E-state index is 0.0361. The normalized spacial score (nSPS) is 17.1. The number of sulfonamides is 1. The predicted molar refractivity (Wildman–Crippen MR) is 111 cm³/mol. The molecular formula is C21H25N3O4S. The molecule has 29 heavy (non-hydrogen) atoms. The molecule has 0 bridgehead atoms. The molecule has 0 spiro atoms. The summed E-state index contributed by atoms with van der Waals surface area (Å²) in [5.74, 6) is -0.371. The fourth-order valence-corrected chi connectivity index (χ4v) is 4.11. The fraction of sp³-hybridized carbons (Fsp3) is 0.333.